The van der Waals surface area contributed by atoms with Crippen LogP contribution < -0.4 is 16.0 Å². The van der Waals surface area contributed by atoms with E-state index in [1.54, 1.807) is 18.7 Å². The fourth-order valence-electron chi connectivity index (χ4n) is 4.89. The van der Waals surface area contributed by atoms with E-state index in [0.717, 1.165) is 22.3 Å². The Balaban J connectivity index is 1.43. The first-order chi connectivity index (χ1) is 18.7. The number of aromatic nitrogens is 4. The van der Waals surface area contributed by atoms with Crippen molar-refractivity contribution >= 4 is 17.5 Å². The van der Waals surface area contributed by atoms with Crippen molar-refractivity contribution in [3.8, 4) is 22.5 Å². The summed E-state index contributed by atoms with van der Waals surface area (Å²) in [5, 5.41) is 28.1. The predicted molar refractivity (Wildman–Crippen MR) is 147 cm³/mol. The van der Waals surface area contributed by atoms with Crippen LogP contribution in [-0.4, -0.2) is 49.1 Å². The average molecular weight is 526 g/mol. The van der Waals surface area contributed by atoms with Crippen molar-refractivity contribution in [2.24, 2.45) is 5.73 Å². The SMILES string of the molecule is CC(C)(N)CC(=O)N[C@@H]1CC(O)c2ccccc2N(Cc2ccc(-c3ccccc3-c3nn[nH]n3)cc2)C1=O. The van der Waals surface area contributed by atoms with Crippen LogP contribution in [-0.2, 0) is 16.1 Å². The highest BCUT2D eigenvalue weighted by molar-refractivity contribution is 6.00. The Hall–Kier alpha value is -4.41. The van der Waals surface area contributed by atoms with E-state index in [1.807, 2.05) is 72.8 Å². The number of carbonyl (C=O) groups excluding carboxylic acids is 2. The summed E-state index contributed by atoms with van der Waals surface area (Å²) in [6.07, 6.45) is -0.767. The van der Waals surface area contributed by atoms with Gasteiger partial charge >= 0.3 is 0 Å². The third kappa shape index (κ3) is 5.87. The summed E-state index contributed by atoms with van der Waals surface area (Å²) in [6, 6.07) is 22.1. The molecule has 200 valence electrons. The highest BCUT2D eigenvalue weighted by Crippen LogP contribution is 2.35. The van der Waals surface area contributed by atoms with E-state index in [-0.39, 0.29) is 31.2 Å². The first-order valence-corrected chi connectivity index (χ1v) is 12.8. The minimum absolute atomic E-state index is 0.0621. The van der Waals surface area contributed by atoms with Gasteiger partial charge in [0.15, 0.2) is 0 Å². The summed E-state index contributed by atoms with van der Waals surface area (Å²) in [5.41, 5.74) is 10.2. The van der Waals surface area contributed by atoms with Gasteiger partial charge in [-0.15, -0.1) is 10.2 Å². The lowest BCUT2D eigenvalue weighted by atomic mass is 9.98. The molecule has 4 aromatic rings. The summed E-state index contributed by atoms with van der Waals surface area (Å²) >= 11 is 0. The molecule has 2 amide bonds. The summed E-state index contributed by atoms with van der Waals surface area (Å²) in [4.78, 5) is 28.1. The fraction of sp³-hybridized carbons (Fsp3) is 0.276. The molecule has 2 atom stereocenters. The zero-order valence-electron chi connectivity index (χ0n) is 21.8. The molecule has 10 nitrogen and oxygen atoms in total. The van der Waals surface area contributed by atoms with Crippen LogP contribution in [0.5, 0.6) is 0 Å². The maximum atomic E-state index is 13.8. The number of hydrogen-bond acceptors (Lipinski definition) is 7. The molecule has 0 bridgehead atoms. The van der Waals surface area contributed by atoms with Gasteiger partial charge in [0.05, 0.1) is 12.6 Å². The number of nitrogens with one attached hydrogen (secondary N) is 2. The molecule has 5 rings (SSSR count). The van der Waals surface area contributed by atoms with Crippen LogP contribution in [0.3, 0.4) is 0 Å². The van der Waals surface area contributed by atoms with E-state index in [9.17, 15) is 14.7 Å². The number of aliphatic hydroxyl groups is 1. The monoisotopic (exact) mass is 525 g/mol. The number of nitrogens with two attached hydrogens (primary N) is 1. The summed E-state index contributed by atoms with van der Waals surface area (Å²) < 4.78 is 0. The number of H-pyrrole nitrogens is 1. The number of aliphatic hydroxyl groups excluding tert-OH is 1. The number of anilines is 1. The molecule has 0 saturated heterocycles. The zero-order valence-corrected chi connectivity index (χ0v) is 21.8. The van der Waals surface area contributed by atoms with E-state index >= 15 is 0 Å². The standard InChI is InChI=1S/C29H31N7O3/c1-29(2,30)16-26(38)31-23-15-25(37)22-9-5-6-10-24(22)36(28(23)39)17-18-11-13-19(14-12-18)20-7-3-4-8-21(20)27-32-34-35-33-27/h3-14,23,25,37H,15-17,30H2,1-2H3,(H,31,38)(H,32,33,34,35)/t23-,25?/m1/s1. The van der Waals surface area contributed by atoms with Gasteiger partial charge in [-0.2, -0.15) is 5.21 Å². The molecule has 1 aliphatic heterocycles. The van der Waals surface area contributed by atoms with Crippen molar-refractivity contribution < 1.29 is 14.7 Å². The van der Waals surface area contributed by atoms with Crippen LogP contribution in [0.25, 0.3) is 22.5 Å². The number of amides is 2. The maximum absolute atomic E-state index is 13.8. The van der Waals surface area contributed by atoms with E-state index in [4.69, 9.17) is 5.73 Å². The second kappa shape index (κ2) is 10.8. The number of fused-ring (bicyclic) bond motifs is 1. The molecular formula is C29H31N7O3. The number of rotatable bonds is 7. The highest BCUT2D eigenvalue weighted by atomic mass is 16.3. The normalized spacial score (nSPS) is 17.4. The van der Waals surface area contributed by atoms with Crippen LogP contribution >= 0.6 is 0 Å². The Morgan fingerprint density at radius 3 is 2.46 bits per heavy atom. The van der Waals surface area contributed by atoms with Crippen molar-refractivity contribution in [3.63, 3.8) is 0 Å². The molecule has 1 aliphatic rings. The lowest BCUT2D eigenvalue weighted by Crippen LogP contribution is -2.50. The van der Waals surface area contributed by atoms with Gasteiger partial charge in [-0.25, -0.2) is 0 Å². The molecule has 0 spiro atoms. The van der Waals surface area contributed by atoms with E-state index in [1.165, 1.54) is 0 Å². The van der Waals surface area contributed by atoms with Crippen LogP contribution in [0.15, 0.2) is 72.8 Å². The minimum Gasteiger partial charge on any atom is -0.388 e. The maximum Gasteiger partial charge on any atom is 0.249 e. The van der Waals surface area contributed by atoms with Crippen molar-refractivity contribution in [1.82, 2.24) is 25.9 Å². The van der Waals surface area contributed by atoms with Gasteiger partial charge in [0, 0.05) is 35.2 Å². The molecule has 5 N–H and O–H groups in total. The fourth-order valence-corrected chi connectivity index (χ4v) is 4.89. The molecule has 0 saturated carbocycles. The minimum atomic E-state index is -0.907. The number of aromatic amines is 1. The van der Waals surface area contributed by atoms with E-state index in [2.05, 4.69) is 25.9 Å². The lowest BCUT2D eigenvalue weighted by Gasteiger charge is -2.27. The Kier molecular flexibility index (Phi) is 7.23. The quantitative estimate of drug-likeness (QED) is 0.289. The van der Waals surface area contributed by atoms with Crippen molar-refractivity contribution in [2.45, 2.75) is 50.9 Å². The lowest BCUT2D eigenvalue weighted by molar-refractivity contribution is -0.128. The number of carbonyl (C=O) groups is 2. The summed E-state index contributed by atoms with van der Waals surface area (Å²) in [7, 11) is 0. The third-order valence-electron chi connectivity index (χ3n) is 6.68. The molecule has 0 fully saturated rings. The number of benzene rings is 3. The summed E-state index contributed by atoms with van der Waals surface area (Å²) in [5.74, 6) is -0.108. The van der Waals surface area contributed by atoms with Gasteiger partial charge in [-0.05, 0) is 41.8 Å². The molecule has 0 aliphatic carbocycles. The number of nitrogens with zero attached hydrogens (tertiary/aromatic N) is 4. The molecule has 0 radical (unpaired) electrons. The topological polar surface area (TPSA) is 150 Å². The van der Waals surface area contributed by atoms with Crippen LogP contribution in [0.4, 0.5) is 5.69 Å². The van der Waals surface area contributed by atoms with E-state index < -0.39 is 17.7 Å². The third-order valence-corrected chi connectivity index (χ3v) is 6.68. The van der Waals surface area contributed by atoms with Gasteiger partial charge in [0.25, 0.3) is 0 Å². The Bertz CT molecular complexity index is 1460. The predicted octanol–water partition coefficient (Wildman–Crippen LogP) is 3.12. The second-order valence-electron chi connectivity index (χ2n) is 10.5. The van der Waals surface area contributed by atoms with Crippen LogP contribution in [0.1, 0.15) is 43.9 Å². The van der Waals surface area contributed by atoms with E-state index in [0.29, 0.717) is 17.1 Å². The second-order valence-corrected chi connectivity index (χ2v) is 10.5. The first kappa shape index (κ1) is 26.2. The van der Waals surface area contributed by atoms with Gasteiger partial charge in [0.1, 0.15) is 6.04 Å². The Morgan fingerprint density at radius 2 is 1.77 bits per heavy atom. The molecule has 1 unspecified atom stereocenters. The molecule has 2 heterocycles. The van der Waals surface area contributed by atoms with Crippen molar-refractivity contribution in [3.05, 3.63) is 83.9 Å². The van der Waals surface area contributed by atoms with Crippen LogP contribution in [0, 0.1) is 0 Å². The highest BCUT2D eigenvalue weighted by Gasteiger charge is 2.35. The Morgan fingerprint density at radius 1 is 1.08 bits per heavy atom. The number of tetrazole rings is 1. The molecular weight excluding hydrogens is 494 g/mol. The van der Waals surface area contributed by atoms with Gasteiger partial charge in [-0.1, -0.05) is 66.7 Å². The van der Waals surface area contributed by atoms with Crippen molar-refractivity contribution in [1.29, 1.82) is 0 Å². The smallest absolute Gasteiger partial charge is 0.249 e. The van der Waals surface area contributed by atoms with Gasteiger partial charge in [-0.3, -0.25) is 9.59 Å². The van der Waals surface area contributed by atoms with Crippen LogP contribution in [0.2, 0.25) is 0 Å². The molecule has 10 heteroatoms. The zero-order chi connectivity index (χ0) is 27.6. The first-order valence-electron chi connectivity index (χ1n) is 12.8. The largest absolute Gasteiger partial charge is 0.388 e. The molecule has 39 heavy (non-hydrogen) atoms. The molecule has 1 aromatic heterocycles. The van der Waals surface area contributed by atoms with Gasteiger partial charge < -0.3 is 21.1 Å². The summed E-state index contributed by atoms with van der Waals surface area (Å²) in [6.45, 7) is 3.77. The molecule has 3 aromatic carbocycles. The number of para-hydroxylation sites is 1. The van der Waals surface area contributed by atoms with Gasteiger partial charge in [0.2, 0.25) is 17.6 Å². The average Bonchev–Trinajstić information content (AvgIpc) is 3.43. The number of hydrogen-bond donors (Lipinski definition) is 4. The Labute approximate surface area is 226 Å². The van der Waals surface area contributed by atoms with Crippen molar-refractivity contribution in [2.75, 3.05) is 4.90 Å².